The lowest BCUT2D eigenvalue weighted by molar-refractivity contribution is 0.931. The van der Waals surface area contributed by atoms with Gasteiger partial charge < -0.3 is 0 Å². The number of nitrogens with zero attached hydrogens (tertiary/aromatic N) is 2. The summed E-state index contributed by atoms with van der Waals surface area (Å²) in [5.74, 6) is 0. The summed E-state index contributed by atoms with van der Waals surface area (Å²) in [7, 11) is 0. The lowest BCUT2D eigenvalue weighted by atomic mass is 10.4. The van der Waals surface area contributed by atoms with E-state index in [-0.39, 0.29) is 0 Å². The van der Waals surface area contributed by atoms with E-state index >= 15 is 0 Å². The first-order valence-corrected chi connectivity index (χ1v) is 4.93. The Morgan fingerprint density at radius 2 is 2.27 bits per heavy atom. The predicted octanol–water partition coefficient (Wildman–Crippen LogP) is 2.70. The third kappa shape index (κ3) is 1.29. The van der Waals surface area contributed by atoms with Crippen LogP contribution >= 0.6 is 38.5 Å². The SMILES string of the molecule is Brc1cc(I)n2nccc2c1. The fraction of sp³-hybridized carbons (Fsp3) is 0. The second kappa shape index (κ2) is 2.75. The number of aromatic nitrogens is 2. The van der Waals surface area contributed by atoms with E-state index in [1.807, 2.05) is 22.7 Å². The molecule has 2 rings (SSSR count). The van der Waals surface area contributed by atoms with Crippen molar-refractivity contribution in [1.82, 2.24) is 9.61 Å². The first-order valence-electron chi connectivity index (χ1n) is 3.06. The molecule has 0 radical (unpaired) electrons. The van der Waals surface area contributed by atoms with Crippen LogP contribution in [0.3, 0.4) is 0 Å². The predicted molar refractivity (Wildman–Crippen MR) is 55.6 cm³/mol. The molecule has 2 aromatic heterocycles. The number of rotatable bonds is 0. The molecule has 0 fully saturated rings. The smallest absolute Gasteiger partial charge is 0.104 e. The summed E-state index contributed by atoms with van der Waals surface area (Å²) in [5, 5.41) is 4.15. The molecule has 0 amide bonds. The molecule has 4 heteroatoms. The molecule has 0 saturated heterocycles. The Morgan fingerprint density at radius 3 is 3.09 bits per heavy atom. The summed E-state index contributed by atoms with van der Waals surface area (Å²) in [4.78, 5) is 0. The van der Waals surface area contributed by atoms with Crippen molar-refractivity contribution in [3.8, 4) is 0 Å². The Balaban J connectivity index is 2.91. The van der Waals surface area contributed by atoms with Gasteiger partial charge in [0.2, 0.25) is 0 Å². The van der Waals surface area contributed by atoms with E-state index in [2.05, 4.69) is 43.6 Å². The average molecular weight is 323 g/mol. The summed E-state index contributed by atoms with van der Waals surface area (Å²) in [6.07, 6.45) is 1.80. The van der Waals surface area contributed by atoms with Gasteiger partial charge in [-0.1, -0.05) is 15.9 Å². The van der Waals surface area contributed by atoms with Crippen molar-refractivity contribution in [3.63, 3.8) is 0 Å². The van der Waals surface area contributed by atoms with Crippen molar-refractivity contribution in [2.45, 2.75) is 0 Å². The van der Waals surface area contributed by atoms with Crippen LogP contribution in [0.1, 0.15) is 0 Å². The standard InChI is InChI=1S/C7H4BrIN2/c8-5-3-6-1-2-10-11(6)7(9)4-5/h1-4H. The van der Waals surface area contributed by atoms with Crippen molar-refractivity contribution in [2.75, 3.05) is 0 Å². The van der Waals surface area contributed by atoms with Crippen LogP contribution in [0.25, 0.3) is 5.52 Å². The average Bonchev–Trinajstić information content (AvgIpc) is 2.34. The highest BCUT2D eigenvalue weighted by Crippen LogP contribution is 2.17. The topological polar surface area (TPSA) is 17.3 Å². The fourth-order valence-corrected chi connectivity index (χ4v) is 2.58. The van der Waals surface area contributed by atoms with Gasteiger partial charge in [-0.2, -0.15) is 5.10 Å². The molecular formula is C7H4BrIN2. The molecule has 0 unspecified atom stereocenters. The summed E-state index contributed by atoms with van der Waals surface area (Å²) in [5.41, 5.74) is 1.11. The second-order valence-electron chi connectivity index (χ2n) is 2.16. The van der Waals surface area contributed by atoms with Crippen LogP contribution in [-0.4, -0.2) is 9.61 Å². The van der Waals surface area contributed by atoms with E-state index in [1.165, 1.54) is 0 Å². The highest BCUT2D eigenvalue weighted by Gasteiger charge is 1.98. The lowest BCUT2D eigenvalue weighted by Gasteiger charge is -1.97. The van der Waals surface area contributed by atoms with Crippen molar-refractivity contribution in [1.29, 1.82) is 0 Å². The number of fused-ring (bicyclic) bond motifs is 1. The normalized spacial score (nSPS) is 10.7. The lowest BCUT2D eigenvalue weighted by Crippen LogP contribution is -1.91. The first-order chi connectivity index (χ1) is 5.27. The first kappa shape index (κ1) is 7.54. The number of hydrogen-bond acceptors (Lipinski definition) is 1. The van der Waals surface area contributed by atoms with Gasteiger partial charge in [0.05, 0.1) is 11.7 Å². The number of pyridine rings is 1. The van der Waals surface area contributed by atoms with Crippen molar-refractivity contribution in [3.05, 3.63) is 32.6 Å². The minimum Gasteiger partial charge on any atom is -0.228 e. The summed E-state index contributed by atoms with van der Waals surface area (Å²) >= 11 is 5.67. The molecule has 11 heavy (non-hydrogen) atoms. The fourth-order valence-electron chi connectivity index (χ4n) is 0.959. The third-order valence-corrected chi connectivity index (χ3v) is 2.64. The Bertz CT molecular complexity index is 396. The maximum Gasteiger partial charge on any atom is 0.104 e. The van der Waals surface area contributed by atoms with Gasteiger partial charge in [-0.05, 0) is 40.8 Å². The Kier molecular flexibility index (Phi) is 1.88. The van der Waals surface area contributed by atoms with E-state index < -0.39 is 0 Å². The molecule has 0 aliphatic heterocycles. The second-order valence-corrected chi connectivity index (χ2v) is 4.19. The van der Waals surface area contributed by atoms with Gasteiger partial charge in [0, 0.05) is 4.47 Å². The van der Waals surface area contributed by atoms with Gasteiger partial charge in [0.25, 0.3) is 0 Å². The van der Waals surface area contributed by atoms with Gasteiger partial charge in [0.15, 0.2) is 0 Å². The minimum atomic E-state index is 1.09. The van der Waals surface area contributed by atoms with Crippen LogP contribution in [0.4, 0.5) is 0 Å². The molecule has 0 aliphatic carbocycles. The maximum atomic E-state index is 4.15. The van der Waals surface area contributed by atoms with Crippen LogP contribution in [0.2, 0.25) is 0 Å². The molecule has 2 nitrogen and oxygen atoms in total. The van der Waals surface area contributed by atoms with E-state index in [0.717, 1.165) is 13.7 Å². The van der Waals surface area contributed by atoms with E-state index in [4.69, 9.17) is 0 Å². The molecule has 0 bridgehead atoms. The van der Waals surface area contributed by atoms with Gasteiger partial charge >= 0.3 is 0 Å². The van der Waals surface area contributed by atoms with Crippen molar-refractivity contribution in [2.24, 2.45) is 0 Å². The Labute approximate surface area is 85.9 Å². The molecule has 0 aromatic carbocycles. The maximum absolute atomic E-state index is 4.15. The summed E-state index contributed by atoms with van der Waals surface area (Å²) in [6.45, 7) is 0. The molecule has 0 saturated carbocycles. The van der Waals surface area contributed by atoms with Crippen molar-refractivity contribution < 1.29 is 0 Å². The zero-order valence-corrected chi connectivity index (χ0v) is 9.20. The van der Waals surface area contributed by atoms with Crippen LogP contribution in [0.15, 0.2) is 28.9 Å². The quantitative estimate of drug-likeness (QED) is 0.538. The minimum absolute atomic E-state index is 1.09. The third-order valence-electron chi connectivity index (χ3n) is 1.42. The molecule has 2 aromatic rings. The van der Waals surface area contributed by atoms with E-state index in [1.54, 1.807) is 6.20 Å². The molecule has 2 heterocycles. The number of halogens is 2. The summed E-state index contributed by atoms with van der Waals surface area (Å²) < 4.78 is 4.09. The van der Waals surface area contributed by atoms with Gasteiger partial charge in [-0.3, -0.25) is 0 Å². The largest absolute Gasteiger partial charge is 0.228 e. The summed E-state index contributed by atoms with van der Waals surface area (Å²) in [6, 6.07) is 6.04. The monoisotopic (exact) mass is 322 g/mol. The highest BCUT2D eigenvalue weighted by molar-refractivity contribution is 14.1. The molecular weight excluding hydrogens is 319 g/mol. The van der Waals surface area contributed by atoms with Crippen LogP contribution in [0, 0.1) is 3.70 Å². The zero-order chi connectivity index (χ0) is 7.84. The Hall–Kier alpha value is -0.100. The van der Waals surface area contributed by atoms with Gasteiger partial charge in [-0.15, -0.1) is 0 Å². The van der Waals surface area contributed by atoms with Crippen LogP contribution < -0.4 is 0 Å². The van der Waals surface area contributed by atoms with Gasteiger partial charge in [-0.25, -0.2) is 4.52 Å². The molecule has 0 aliphatic rings. The number of hydrogen-bond donors (Lipinski definition) is 0. The Morgan fingerprint density at radius 1 is 1.45 bits per heavy atom. The zero-order valence-electron chi connectivity index (χ0n) is 5.46. The van der Waals surface area contributed by atoms with Gasteiger partial charge in [0.1, 0.15) is 3.70 Å². The molecule has 56 valence electrons. The molecule has 0 N–H and O–H groups in total. The van der Waals surface area contributed by atoms with Crippen molar-refractivity contribution >= 4 is 44.0 Å². The highest BCUT2D eigenvalue weighted by atomic mass is 127. The van der Waals surface area contributed by atoms with Crippen LogP contribution in [-0.2, 0) is 0 Å². The molecule has 0 spiro atoms. The van der Waals surface area contributed by atoms with E-state index in [9.17, 15) is 0 Å². The molecule has 0 atom stereocenters. The van der Waals surface area contributed by atoms with E-state index in [0.29, 0.717) is 0 Å². The van der Waals surface area contributed by atoms with Crippen LogP contribution in [0.5, 0.6) is 0 Å².